The van der Waals surface area contributed by atoms with Crippen LogP contribution in [-0.4, -0.2) is 42.1 Å². The van der Waals surface area contributed by atoms with Crippen molar-refractivity contribution in [3.05, 3.63) is 42.6 Å². The van der Waals surface area contributed by atoms with Gasteiger partial charge in [0.05, 0.1) is 0 Å². The van der Waals surface area contributed by atoms with Crippen molar-refractivity contribution in [2.75, 3.05) is 27.2 Å². The van der Waals surface area contributed by atoms with Crippen LogP contribution in [0.25, 0.3) is 22.7 Å². The number of pyridine rings is 1. The van der Waals surface area contributed by atoms with Gasteiger partial charge in [-0.15, -0.1) is 0 Å². The highest BCUT2D eigenvalue weighted by atomic mass is 16.5. The Hall–Kier alpha value is -2.40. The van der Waals surface area contributed by atoms with Gasteiger partial charge >= 0.3 is 0 Å². The maximum Gasteiger partial charge on any atom is 0.229 e. The average molecular weight is 283 g/mol. The molecule has 3 rings (SSSR count). The van der Waals surface area contributed by atoms with Crippen molar-refractivity contribution in [2.24, 2.45) is 0 Å². The van der Waals surface area contributed by atoms with Crippen molar-refractivity contribution in [2.45, 2.75) is 0 Å². The van der Waals surface area contributed by atoms with E-state index in [2.05, 4.69) is 14.9 Å². The molecule has 0 fully saturated rings. The van der Waals surface area contributed by atoms with E-state index in [4.69, 9.17) is 9.15 Å². The van der Waals surface area contributed by atoms with Crippen LogP contribution < -0.4 is 4.74 Å². The van der Waals surface area contributed by atoms with E-state index in [1.165, 1.54) is 0 Å². The van der Waals surface area contributed by atoms with Crippen molar-refractivity contribution >= 4 is 11.2 Å². The third-order valence-electron chi connectivity index (χ3n) is 3.05. The summed E-state index contributed by atoms with van der Waals surface area (Å²) in [4.78, 5) is 10.6. The van der Waals surface area contributed by atoms with E-state index in [1.807, 2.05) is 50.5 Å². The first-order valence-electron chi connectivity index (χ1n) is 6.82. The lowest BCUT2D eigenvalue weighted by Crippen LogP contribution is -2.19. The number of hydrogen-bond donors (Lipinski definition) is 0. The summed E-state index contributed by atoms with van der Waals surface area (Å²) < 4.78 is 11.4. The van der Waals surface area contributed by atoms with Crippen molar-refractivity contribution in [1.82, 2.24) is 14.9 Å². The van der Waals surface area contributed by atoms with Crippen LogP contribution >= 0.6 is 0 Å². The molecule has 108 valence electrons. The van der Waals surface area contributed by atoms with Crippen LogP contribution in [0.5, 0.6) is 5.75 Å². The second-order valence-electron chi connectivity index (χ2n) is 5.02. The fourth-order valence-electron chi connectivity index (χ4n) is 1.96. The number of hydrogen-bond acceptors (Lipinski definition) is 5. The van der Waals surface area contributed by atoms with Crippen LogP contribution in [0.1, 0.15) is 0 Å². The maximum absolute atomic E-state index is 5.73. The zero-order valence-corrected chi connectivity index (χ0v) is 12.1. The average Bonchev–Trinajstić information content (AvgIpc) is 2.91. The highest BCUT2D eigenvalue weighted by Gasteiger charge is 2.09. The largest absolute Gasteiger partial charge is 0.492 e. The lowest BCUT2D eigenvalue weighted by Gasteiger charge is -2.11. The Morgan fingerprint density at radius 1 is 1.19 bits per heavy atom. The quantitative estimate of drug-likeness (QED) is 0.720. The Bertz CT molecular complexity index is 704. The summed E-state index contributed by atoms with van der Waals surface area (Å²) in [5.74, 6) is 1.37. The van der Waals surface area contributed by atoms with Crippen LogP contribution in [0.2, 0.25) is 0 Å². The minimum atomic E-state index is 0.557. The van der Waals surface area contributed by atoms with Crippen LogP contribution in [-0.2, 0) is 0 Å². The topological polar surface area (TPSA) is 51.4 Å². The van der Waals surface area contributed by atoms with E-state index in [0.29, 0.717) is 23.7 Å². The Balaban J connectivity index is 1.81. The number of rotatable bonds is 5. The SMILES string of the molecule is CN(C)CCOc1cccc(-c2nc3ncccc3o2)c1. The molecule has 0 bridgehead atoms. The maximum atomic E-state index is 5.73. The predicted octanol–water partition coefficient (Wildman–Crippen LogP) is 2.83. The Morgan fingerprint density at radius 2 is 2.10 bits per heavy atom. The highest BCUT2D eigenvalue weighted by Crippen LogP contribution is 2.25. The van der Waals surface area contributed by atoms with Gasteiger partial charge in [0.1, 0.15) is 12.4 Å². The molecular weight excluding hydrogens is 266 g/mol. The lowest BCUT2D eigenvalue weighted by molar-refractivity contribution is 0.261. The van der Waals surface area contributed by atoms with E-state index in [1.54, 1.807) is 6.20 Å². The van der Waals surface area contributed by atoms with Gasteiger partial charge in [-0.1, -0.05) is 6.07 Å². The van der Waals surface area contributed by atoms with Gasteiger partial charge in [-0.3, -0.25) is 0 Å². The molecule has 1 aromatic carbocycles. The molecule has 0 amide bonds. The molecule has 0 aliphatic heterocycles. The molecule has 0 saturated carbocycles. The highest BCUT2D eigenvalue weighted by molar-refractivity contribution is 5.72. The Morgan fingerprint density at radius 3 is 2.90 bits per heavy atom. The van der Waals surface area contributed by atoms with Crippen LogP contribution in [0.4, 0.5) is 0 Å². The number of benzene rings is 1. The molecule has 0 radical (unpaired) electrons. The summed E-state index contributed by atoms with van der Waals surface area (Å²) >= 11 is 0. The van der Waals surface area contributed by atoms with Crippen LogP contribution in [0.15, 0.2) is 47.0 Å². The first-order valence-corrected chi connectivity index (χ1v) is 6.82. The number of aromatic nitrogens is 2. The van der Waals surface area contributed by atoms with Gasteiger partial charge in [0.25, 0.3) is 0 Å². The molecule has 5 nitrogen and oxygen atoms in total. The van der Waals surface area contributed by atoms with Gasteiger partial charge in [-0.2, -0.15) is 4.98 Å². The van der Waals surface area contributed by atoms with Crippen LogP contribution in [0, 0.1) is 0 Å². The molecular formula is C16H17N3O2. The number of oxazole rings is 1. The summed E-state index contributed by atoms with van der Waals surface area (Å²) in [6.07, 6.45) is 1.70. The van der Waals surface area contributed by atoms with Crippen LogP contribution in [0.3, 0.4) is 0 Å². The van der Waals surface area contributed by atoms with Gasteiger partial charge in [-0.05, 0) is 44.4 Å². The zero-order chi connectivity index (χ0) is 14.7. The summed E-state index contributed by atoms with van der Waals surface area (Å²) in [6.45, 7) is 1.52. The standard InChI is InChI=1S/C16H17N3O2/c1-19(2)9-10-20-13-6-3-5-12(11-13)16-18-15-14(21-16)7-4-8-17-15/h3-8,11H,9-10H2,1-2H3. The van der Waals surface area contributed by atoms with Crippen molar-refractivity contribution < 1.29 is 9.15 Å². The fraction of sp³-hybridized carbons (Fsp3) is 0.250. The Kier molecular flexibility index (Phi) is 3.83. The first-order chi connectivity index (χ1) is 10.2. The molecule has 0 saturated heterocycles. The molecule has 2 aromatic heterocycles. The predicted molar refractivity (Wildman–Crippen MR) is 81.3 cm³/mol. The minimum Gasteiger partial charge on any atom is -0.492 e. The minimum absolute atomic E-state index is 0.557. The molecule has 0 atom stereocenters. The van der Waals surface area contributed by atoms with Crippen molar-refractivity contribution in [1.29, 1.82) is 0 Å². The second-order valence-corrected chi connectivity index (χ2v) is 5.02. The molecule has 5 heteroatoms. The molecule has 3 aromatic rings. The van der Waals surface area contributed by atoms with Gasteiger partial charge in [0.2, 0.25) is 5.89 Å². The fourth-order valence-corrected chi connectivity index (χ4v) is 1.96. The molecule has 0 aliphatic carbocycles. The van der Waals surface area contributed by atoms with E-state index < -0.39 is 0 Å². The molecule has 21 heavy (non-hydrogen) atoms. The molecule has 0 unspecified atom stereocenters. The summed E-state index contributed by atoms with van der Waals surface area (Å²) in [6, 6.07) is 11.4. The number of fused-ring (bicyclic) bond motifs is 1. The third kappa shape index (κ3) is 3.20. The van der Waals surface area contributed by atoms with Gasteiger partial charge in [0.15, 0.2) is 11.2 Å². The molecule has 0 spiro atoms. The van der Waals surface area contributed by atoms with Crippen molar-refractivity contribution in [3.63, 3.8) is 0 Å². The normalized spacial score (nSPS) is 11.2. The van der Waals surface area contributed by atoms with E-state index in [0.717, 1.165) is 17.9 Å². The monoisotopic (exact) mass is 283 g/mol. The summed E-state index contributed by atoms with van der Waals surface area (Å²) in [5, 5.41) is 0. The lowest BCUT2D eigenvalue weighted by atomic mass is 10.2. The van der Waals surface area contributed by atoms with Gasteiger partial charge < -0.3 is 14.1 Å². The molecule has 0 N–H and O–H groups in total. The summed E-state index contributed by atoms with van der Waals surface area (Å²) in [5.41, 5.74) is 2.19. The summed E-state index contributed by atoms with van der Waals surface area (Å²) in [7, 11) is 4.04. The number of likely N-dealkylation sites (N-methyl/N-ethyl adjacent to an activating group) is 1. The number of nitrogens with zero attached hydrogens (tertiary/aromatic N) is 3. The Labute approximate surface area is 123 Å². The first kappa shape index (κ1) is 13.6. The van der Waals surface area contributed by atoms with E-state index >= 15 is 0 Å². The smallest absolute Gasteiger partial charge is 0.229 e. The third-order valence-corrected chi connectivity index (χ3v) is 3.05. The number of ether oxygens (including phenoxy) is 1. The van der Waals surface area contributed by atoms with Gasteiger partial charge in [-0.25, -0.2) is 4.98 Å². The molecule has 0 aliphatic rings. The van der Waals surface area contributed by atoms with E-state index in [-0.39, 0.29) is 0 Å². The molecule has 2 heterocycles. The second kappa shape index (κ2) is 5.93. The zero-order valence-electron chi connectivity index (χ0n) is 12.1. The van der Waals surface area contributed by atoms with Crippen molar-refractivity contribution in [3.8, 4) is 17.2 Å². The van der Waals surface area contributed by atoms with Gasteiger partial charge in [0, 0.05) is 18.3 Å². The van der Waals surface area contributed by atoms with E-state index in [9.17, 15) is 0 Å².